The van der Waals surface area contributed by atoms with Gasteiger partial charge in [-0.15, -0.1) is 0 Å². The molecule has 1 aliphatic heterocycles. The molecule has 1 heterocycles. The zero-order chi connectivity index (χ0) is 7.40. The fraction of sp³-hybridized carbons (Fsp3) is 0.875. The van der Waals surface area contributed by atoms with Gasteiger partial charge in [-0.1, -0.05) is 19.8 Å². The van der Waals surface area contributed by atoms with E-state index in [1.165, 1.54) is 12.8 Å². The van der Waals surface area contributed by atoms with Crippen LogP contribution in [0.1, 0.15) is 32.6 Å². The number of ether oxygens (including phenoxy) is 1. The molecular weight excluding hydrogens is 128 g/mol. The third kappa shape index (κ3) is 2.01. The van der Waals surface area contributed by atoms with Crippen LogP contribution >= 0.6 is 0 Å². The van der Waals surface area contributed by atoms with E-state index in [0.29, 0.717) is 6.61 Å². The molecule has 58 valence electrons. The Morgan fingerprint density at radius 3 is 3.00 bits per heavy atom. The Labute approximate surface area is 61.6 Å². The van der Waals surface area contributed by atoms with Crippen LogP contribution in [0.5, 0.6) is 0 Å². The maximum absolute atomic E-state index is 10.9. The first-order chi connectivity index (χ1) is 4.80. The van der Waals surface area contributed by atoms with E-state index >= 15 is 0 Å². The van der Waals surface area contributed by atoms with Crippen molar-refractivity contribution in [3.8, 4) is 0 Å². The molecule has 1 aliphatic rings. The molecule has 0 radical (unpaired) electrons. The third-order valence-electron chi connectivity index (χ3n) is 1.93. The van der Waals surface area contributed by atoms with E-state index < -0.39 is 0 Å². The lowest BCUT2D eigenvalue weighted by atomic mass is 10.0. The first kappa shape index (κ1) is 7.58. The molecule has 10 heavy (non-hydrogen) atoms. The van der Waals surface area contributed by atoms with Crippen molar-refractivity contribution in [1.29, 1.82) is 0 Å². The maximum Gasteiger partial charge on any atom is 0.308 e. The van der Waals surface area contributed by atoms with Crippen LogP contribution in [-0.2, 0) is 9.53 Å². The molecule has 0 aromatic carbocycles. The Balaban J connectivity index is 2.35. The Morgan fingerprint density at radius 1 is 1.40 bits per heavy atom. The third-order valence-corrected chi connectivity index (χ3v) is 1.93. The summed E-state index contributed by atoms with van der Waals surface area (Å²) in [5.74, 6) is 0.111. The summed E-state index contributed by atoms with van der Waals surface area (Å²) in [6.45, 7) is 2.57. The van der Waals surface area contributed by atoms with Crippen LogP contribution in [0.2, 0.25) is 0 Å². The van der Waals surface area contributed by atoms with Gasteiger partial charge in [-0.25, -0.2) is 0 Å². The summed E-state index contributed by atoms with van der Waals surface area (Å²) in [5, 5.41) is 0. The van der Waals surface area contributed by atoms with Gasteiger partial charge < -0.3 is 4.74 Å². The molecular formula is C8H14O2. The average Bonchev–Trinajstić information content (AvgIpc) is 1.92. The monoisotopic (exact) mass is 142 g/mol. The Kier molecular flexibility index (Phi) is 2.72. The largest absolute Gasteiger partial charge is 0.465 e. The molecule has 1 fully saturated rings. The minimum Gasteiger partial charge on any atom is -0.465 e. The molecule has 0 aliphatic carbocycles. The van der Waals surface area contributed by atoms with Crippen molar-refractivity contribution in [3.63, 3.8) is 0 Å². The van der Waals surface area contributed by atoms with E-state index in [-0.39, 0.29) is 11.9 Å². The van der Waals surface area contributed by atoms with Crippen LogP contribution in [0.15, 0.2) is 0 Å². The summed E-state index contributed by atoms with van der Waals surface area (Å²) < 4.78 is 4.96. The standard InChI is InChI=1S/C8H14O2/c1-7-5-3-2-4-6-10-8(7)9/h7H,2-6H2,1H3/t7-/m1/s1. The zero-order valence-electron chi connectivity index (χ0n) is 6.43. The number of hydrogen-bond acceptors (Lipinski definition) is 2. The van der Waals surface area contributed by atoms with Crippen molar-refractivity contribution >= 4 is 5.97 Å². The van der Waals surface area contributed by atoms with Crippen molar-refractivity contribution in [2.45, 2.75) is 32.6 Å². The Morgan fingerprint density at radius 2 is 2.20 bits per heavy atom. The van der Waals surface area contributed by atoms with Gasteiger partial charge in [-0.3, -0.25) is 4.79 Å². The van der Waals surface area contributed by atoms with Crippen molar-refractivity contribution < 1.29 is 9.53 Å². The second-order valence-corrected chi connectivity index (χ2v) is 2.92. The highest BCUT2D eigenvalue weighted by Gasteiger charge is 2.15. The first-order valence-corrected chi connectivity index (χ1v) is 3.97. The minimum absolute atomic E-state index is 0.0142. The molecule has 0 amide bonds. The predicted octanol–water partition coefficient (Wildman–Crippen LogP) is 1.74. The van der Waals surface area contributed by atoms with E-state index in [0.717, 1.165) is 12.8 Å². The molecule has 0 unspecified atom stereocenters. The van der Waals surface area contributed by atoms with Gasteiger partial charge in [0.15, 0.2) is 0 Å². The number of esters is 1. The summed E-state index contributed by atoms with van der Waals surface area (Å²) in [6, 6.07) is 0. The SMILES string of the molecule is C[C@@H]1CCCCCOC1=O. The van der Waals surface area contributed by atoms with E-state index in [4.69, 9.17) is 4.74 Å². The van der Waals surface area contributed by atoms with E-state index in [1.54, 1.807) is 0 Å². The summed E-state index contributed by atoms with van der Waals surface area (Å²) in [6.07, 6.45) is 4.42. The number of rotatable bonds is 0. The minimum atomic E-state index is -0.0142. The Bertz CT molecular complexity index is 120. The van der Waals surface area contributed by atoms with Gasteiger partial charge in [0.1, 0.15) is 0 Å². The highest BCUT2D eigenvalue weighted by molar-refractivity contribution is 5.71. The van der Waals surface area contributed by atoms with Crippen LogP contribution in [0, 0.1) is 5.92 Å². The normalized spacial score (nSPS) is 28.5. The van der Waals surface area contributed by atoms with Crippen molar-refractivity contribution in [2.24, 2.45) is 5.92 Å². The van der Waals surface area contributed by atoms with Gasteiger partial charge in [0.25, 0.3) is 0 Å². The molecule has 1 rings (SSSR count). The van der Waals surface area contributed by atoms with Crippen LogP contribution in [-0.4, -0.2) is 12.6 Å². The molecule has 2 nitrogen and oxygen atoms in total. The van der Waals surface area contributed by atoms with Crippen LogP contribution in [0.25, 0.3) is 0 Å². The van der Waals surface area contributed by atoms with Gasteiger partial charge in [0.2, 0.25) is 0 Å². The maximum atomic E-state index is 10.9. The lowest BCUT2D eigenvalue weighted by Gasteiger charge is -2.14. The van der Waals surface area contributed by atoms with Crippen molar-refractivity contribution in [1.82, 2.24) is 0 Å². The molecule has 1 saturated heterocycles. The summed E-state index contributed by atoms with van der Waals surface area (Å²) in [4.78, 5) is 10.9. The summed E-state index contributed by atoms with van der Waals surface area (Å²) in [7, 11) is 0. The second kappa shape index (κ2) is 3.59. The second-order valence-electron chi connectivity index (χ2n) is 2.92. The number of hydrogen-bond donors (Lipinski definition) is 0. The molecule has 0 aromatic rings. The van der Waals surface area contributed by atoms with Crippen molar-refractivity contribution in [3.05, 3.63) is 0 Å². The first-order valence-electron chi connectivity index (χ1n) is 3.97. The lowest BCUT2D eigenvalue weighted by Crippen LogP contribution is -2.17. The topological polar surface area (TPSA) is 26.3 Å². The smallest absolute Gasteiger partial charge is 0.308 e. The summed E-state index contributed by atoms with van der Waals surface area (Å²) in [5.41, 5.74) is 0. The predicted molar refractivity (Wildman–Crippen MR) is 38.6 cm³/mol. The average molecular weight is 142 g/mol. The molecule has 0 bridgehead atoms. The number of cyclic esters (lactones) is 1. The van der Waals surface area contributed by atoms with Crippen LogP contribution in [0.4, 0.5) is 0 Å². The fourth-order valence-electron chi connectivity index (χ4n) is 1.16. The fourth-order valence-corrected chi connectivity index (χ4v) is 1.16. The summed E-state index contributed by atoms with van der Waals surface area (Å²) >= 11 is 0. The van der Waals surface area contributed by atoms with E-state index in [1.807, 2.05) is 6.92 Å². The van der Waals surface area contributed by atoms with Crippen LogP contribution in [0.3, 0.4) is 0 Å². The molecule has 0 N–H and O–H groups in total. The van der Waals surface area contributed by atoms with Crippen molar-refractivity contribution in [2.75, 3.05) is 6.61 Å². The van der Waals surface area contributed by atoms with E-state index in [2.05, 4.69) is 0 Å². The van der Waals surface area contributed by atoms with Gasteiger partial charge in [-0.2, -0.15) is 0 Å². The quantitative estimate of drug-likeness (QED) is 0.481. The molecule has 2 heteroatoms. The number of carbonyl (C=O) groups is 1. The number of carbonyl (C=O) groups excluding carboxylic acids is 1. The molecule has 1 atom stereocenters. The highest BCUT2D eigenvalue weighted by atomic mass is 16.5. The molecule has 0 spiro atoms. The van der Waals surface area contributed by atoms with Gasteiger partial charge in [0.05, 0.1) is 12.5 Å². The van der Waals surface area contributed by atoms with Gasteiger partial charge in [0, 0.05) is 0 Å². The zero-order valence-corrected chi connectivity index (χ0v) is 6.43. The highest BCUT2D eigenvalue weighted by Crippen LogP contribution is 2.14. The Hall–Kier alpha value is -0.530. The molecule has 0 aromatic heterocycles. The van der Waals surface area contributed by atoms with Crippen LogP contribution < -0.4 is 0 Å². The lowest BCUT2D eigenvalue weighted by molar-refractivity contribution is -0.149. The van der Waals surface area contributed by atoms with Gasteiger partial charge >= 0.3 is 5.97 Å². The molecule has 0 saturated carbocycles. The van der Waals surface area contributed by atoms with E-state index in [9.17, 15) is 4.79 Å². The van der Waals surface area contributed by atoms with Gasteiger partial charge in [-0.05, 0) is 12.8 Å².